The van der Waals surface area contributed by atoms with Crippen LogP contribution in [0.2, 0.25) is 0 Å². The van der Waals surface area contributed by atoms with Crippen LogP contribution in [0, 0.1) is 4.64 Å². The molecule has 0 saturated carbocycles. The van der Waals surface area contributed by atoms with Crippen molar-refractivity contribution in [2.45, 2.75) is 19.8 Å². The van der Waals surface area contributed by atoms with Crippen molar-refractivity contribution in [2.24, 2.45) is 0 Å². The average molecular weight is 249 g/mol. The van der Waals surface area contributed by atoms with Crippen molar-refractivity contribution >= 4 is 18.2 Å². The van der Waals surface area contributed by atoms with Crippen molar-refractivity contribution in [1.29, 1.82) is 0 Å². The first kappa shape index (κ1) is 18.2. The number of hydrogen-bond acceptors (Lipinski definition) is 4. The van der Waals surface area contributed by atoms with Crippen LogP contribution in [0.25, 0.3) is 0 Å². The smallest absolute Gasteiger partial charge is 1.00 e. The number of rotatable bonds is 4. The minimum Gasteiger partial charge on any atom is -1.00 e. The Morgan fingerprint density at radius 2 is 2.27 bits per heavy atom. The second-order valence-electron chi connectivity index (χ2n) is 2.43. The molecule has 0 aliphatic carbocycles. The molecule has 0 aromatic carbocycles. The van der Waals surface area contributed by atoms with E-state index in [0.717, 1.165) is 0 Å². The third kappa shape index (κ3) is 6.88. The molecule has 0 spiro atoms. The molecule has 0 fully saturated rings. The van der Waals surface area contributed by atoms with Gasteiger partial charge in [0, 0.05) is 6.42 Å². The van der Waals surface area contributed by atoms with E-state index in [-0.39, 0.29) is 67.9 Å². The largest absolute Gasteiger partial charge is 1.00 e. The maximum atomic E-state index is 10.9. The number of nitrogens with zero attached hydrogens (tertiary/aromatic N) is 1. The standard InChI is InChI=1S/C7H11N3O2S.2Na.2H/c1-2-12-6(11)4-3-5-7(13)9-10-8-5;;;;/h2-4H2,1H3,(H2,8,9,10,13);;;;/q;2*+1;2*-1. The van der Waals surface area contributed by atoms with Crippen LogP contribution in [-0.2, 0) is 16.0 Å². The average Bonchev–Trinajstić information content (AvgIpc) is 2.48. The van der Waals surface area contributed by atoms with E-state index < -0.39 is 0 Å². The summed E-state index contributed by atoms with van der Waals surface area (Å²) in [6.07, 6.45) is 0.827. The summed E-state index contributed by atoms with van der Waals surface area (Å²) in [5.74, 6) is -0.222. The number of ether oxygens (including phenoxy) is 1. The van der Waals surface area contributed by atoms with E-state index in [0.29, 0.717) is 29.8 Å². The van der Waals surface area contributed by atoms with Gasteiger partial charge in [-0.25, -0.2) is 5.21 Å². The topological polar surface area (TPSA) is 70.8 Å². The Kier molecular flexibility index (Phi) is 12.2. The van der Waals surface area contributed by atoms with E-state index in [2.05, 4.69) is 15.4 Å². The zero-order chi connectivity index (χ0) is 9.68. The summed E-state index contributed by atoms with van der Waals surface area (Å²) >= 11 is 4.90. The molecule has 0 amide bonds. The summed E-state index contributed by atoms with van der Waals surface area (Å²) in [5, 5.41) is 9.03. The Bertz CT molecular complexity index is 348. The monoisotopic (exact) mass is 249 g/mol. The summed E-state index contributed by atoms with van der Waals surface area (Å²) in [5.41, 5.74) is 0.697. The van der Waals surface area contributed by atoms with E-state index in [4.69, 9.17) is 17.0 Å². The van der Waals surface area contributed by atoms with Gasteiger partial charge >= 0.3 is 65.1 Å². The molecule has 0 aliphatic heterocycles. The molecule has 15 heavy (non-hydrogen) atoms. The number of aromatic amines is 2. The van der Waals surface area contributed by atoms with Gasteiger partial charge in [-0.1, -0.05) is 12.2 Å². The molecule has 1 heterocycles. The molecular formula is C7H13N3Na2O2S. The van der Waals surface area contributed by atoms with Crippen LogP contribution in [0.5, 0.6) is 0 Å². The molecule has 2 N–H and O–H groups in total. The number of nitrogens with one attached hydrogen (secondary N) is 2. The number of carbonyl (C=O) groups is 1. The fraction of sp³-hybridized carbons (Fsp3) is 0.571. The fourth-order valence-corrected chi connectivity index (χ4v) is 1.09. The predicted octanol–water partition coefficient (Wildman–Crippen LogP) is -4.80. The molecule has 76 valence electrons. The van der Waals surface area contributed by atoms with Gasteiger partial charge in [0.2, 0.25) is 0 Å². The first-order chi connectivity index (χ1) is 6.24. The number of carbonyl (C=O) groups excluding carboxylic acids is 1. The van der Waals surface area contributed by atoms with E-state index in [1.807, 2.05) is 0 Å². The van der Waals surface area contributed by atoms with E-state index >= 15 is 0 Å². The summed E-state index contributed by atoms with van der Waals surface area (Å²) in [7, 11) is 0. The minimum atomic E-state index is -0.222. The summed E-state index contributed by atoms with van der Waals surface area (Å²) in [6, 6.07) is 0. The van der Waals surface area contributed by atoms with Gasteiger partial charge in [0.15, 0.2) is 0 Å². The number of esters is 1. The van der Waals surface area contributed by atoms with Crippen LogP contribution >= 0.6 is 12.2 Å². The minimum absolute atomic E-state index is 0. The van der Waals surface area contributed by atoms with Crippen molar-refractivity contribution in [2.75, 3.05) is 6.61 Å². The third-order valence-corrected chi connectivity index (χ3v) is 1.83. The van der Waals surface area contributed by atoms with Crippen molar-refractivity contribution in [1.82, 2.24) is 15.4 Å². The van der Waals surface area contributed by atoms with Crippen LogP contribution in [0.15, 0.2) is 0 Å². The van der Waals surface area contributed by atoms with Crippen molar-refractivity contribution < 1.29 is 71.5 Å². The van der Waals surface area contributed by atoms with Gasteiger partial charge in [-0.15, -0.1) is 0 Å². The number of hydrogen-bond donors (Lipinski definition) is 2. The second kappa shape index (κ2) is 10.0. The van der Waals surface area contributed by atoms with Gasteiger partial charge in [-0.2, -0.15) is 5.10 Å². The number of aryl methyl sites for hydroxylation is 1. The molecule has 8 heteroatoms. The predicted molar refractivity (Wildman–Crippen MR) is 51.0 cm³/mol. The SMILES string of the molecule is CCOC(=O)CCc1n[nH][nH]c1=S.[H-].[H-].[Na+].[Na+]. The molecule has 0 radical (unpaired) electrons. The molecule has 1 aromatic heterocycles. The first-order valence-corrected chi connectivity index (χ1v) is 4.42. The summed E-state index contributed by atoms with van der Waals surface area (Å²) in [4.78, 5) is 10.9. The zero-order valence-corrected chi connectivity index (χ0v) is 14.1. The maximum Gasteiger partial charge on any atom is 1.00 e. The molecular weight excluding hydrogens is 236 g/mol. The molecule has 0 saturated heterocycles. The van der Waals surface area contributed by atoms with E-state index in [1.54, 1.807) is 6.92 Å². The van der Waals surface area contributed by atoms with Crippen LogP contribution < -0.4 is 59.1 Å². The van der Waals surface area contributed by atoms with Crippen LogP contribution in [0.3, 0.4) is 0 Å². The Hall–Kier alpha value is 0.830. The van der Waals surface area contributed by atoms with Crippen molar-refractivity contribution in [3.05, 3.63) is 10.3 Å². The summed E-state index contributed by atoms with van der Waals surface area (Å²) < 4.78 is 5.30. The Morgan fingerprint density at radius 3 is 2.73 bits per heavy atom. The van der Waals surface area contributed by atoms with E-state index in [9.17, 15) is 4.79 Å². The van der Waals surface area contributed by atoms with Crippen molar-refractivity contribution in [3.8, 4) is 0 Å². The first-order valence-electron chi connectivity index (χ1n) is 4.01. The normalized spacial score (nSPS) is 8.60. The van der Waals surface area contributed by atoms with Gasteiger partial charge in [-0.05, 0) is 6.92 Å². The number of H-pyrrole nitrogens is 2. The Morgan fingerprint density at radius 1 is 1.60 bits per heavy atom. The molecule has 0 atom stereocenters. The molecule has 0 unspecified atom stereocenters. The Balaban J connectivity index is -0.000000211. The van der Waals surface area contributed by atoms with E-state index in [1.165, 1.54) is 0 Å². The van der Waals surface area contributed by atoms with Crippen molar-refractivity contribution in [3.63, 3.8) is 0 Å². The van der Waals surface area contributed by atoms with Gasteiger partial charge < -0.3 is 7.59 Å². The van der Waals surface area contributed by atoms with Gasteiger partial charge in [-0.3, -0.25) is 9.89 Å². The molecule has 1 aromatic rings. The number of aromatic nitrogens is 3. The molecule has 0 bridgehead atoms. The zero-order valence-electron chi connectivity index (χ0n) is 11.3. The quantitative estimate of drug-likeness (QED) is 0.319. The van der Waals surface area contributed by atoms with Gasteiger partial charge in [0.1, 0.15) is 4.64 Å². The summed E-state index contributed by atoms with van der Waals surface area (Å²) in [6.45, 7) is 2.19. The second-order valence-corrected chi connectivity index (χ2v) is 2.84. The van der Waals surface area contributed by atoms with Crippen LogP contribution in [0.4, 0.5) is 0 Å². The molecule has 0 aliphatic rings. The van der Waals surface area contributed by atoms with Gasteiger partial charge in [0.05, 0.1) is 18.7 Å². The van der Waals surface area contributed by atoms with Gasteiger partial charge in [0.25, 0.3) is 0 Å². The third-order valence-electron chi connectivity index (χ3n) is 1.49. The molecule has 1 rings (SSSR count). The Labute approximate surface area is 140 Å². The maximum absolute atomic E-state index is 10.9. The van der Waals surface area contributed by atoms with Crippen LogP contribution in [0.1, 0.15) is 21.9 Å². The van der Waals surface area contributed by atoms with Crippen LogP contribution in [-0.4, -0.2) is 28.0 Å². The fourth-order valence-electron chi connectivity index (χ4n) is 0.892. The molecule has 5 nitrogen and oxygen atoms in total.